The fourth-order valence-electron chi connectivity index (χ4n) is 2.00. The van der Waals surface area contributed by atoms with Gasteiger partial charge in [-0.25, -0.2) is 4.68 Å². The van der Waals surface area contributed by atoms with Gasteiger partial charge in [0.25, 0.3) is 5.89 Å². The number of thiophene rings is 1. The first kappa shape index (κ1) is 12.7. The second-order valence-electron chi connectivity index (χ2n) is 5.06. The Bertz CT molecular complexity index is 715. The standard InChI is InChI=1S/C13H14N6OS/c1-2-11(21-5-1)13-15-12(17-20-13)8-19-7-10(16-18-19)6-14-9-3-4-9/h1-2,5,7,9,14H,3-4,6,8H2. The Kier molecular flexibility index (Phi) is 3.24. The lowest BCUT2D eigenvalue weighted by Gasteiger charge is -1.96. The molecule has 0 aromatic carbocycles. The van der Waals surface area contributed by atoms with Gasteiger partial charge in [0.15, 0.2) is 5.82 Å². The second-order valence-corrected chi connectivity index (χ2v) is 6.00. The molecule has 3 aromatic rings. The minimum atomic E-state index is 0.464. The average Bonchev–Trinajstić information content (AvgIpc) is 2.93. The van der Waals surface area contributed by atoms with Crippen LogP contribution in [0, 0.1) is 0 Å². The summed E-state index contributed by atoms with van der Waals surface area (Å²) in [5.74, 6) is 1.15. The zero-order valence-electron chi connectivity index (χ0n) is 11.3. The highest BCUT2D eigenvalue weighted by Crippen LogP contribution is 2.22. The summed E-state index contributed by atoms with van der Waals surface area (Å²) in [6, 6.07) is 4.58. The maximum Gasteiger partial charge on any atom is 0.268 e. The monoisotopic (exact) mass is 302 g/mol. The Hall–Kier alpha value is -2.06. The molecule has 7 nitrogen and oxygen atoms in total. The van der Waals surface area contributed by atoms with Crippen LogP contribution in [0.1, 0.15) is 24.4 Å². The van der Waals surface area contributed by atoms with Gasteiger partial charge in [0, 0.05) is 12.6 Å². The van der Waals surface area contributed by atoms with Crippen molar-refractivity contribution < 1.29 is 4.52 Å². The number of rotatable bonds is 6. The zero-order valence-corrected chi connectivity index (χ0v) is 12.1. The smallest absolute Gasteiger partial charge is 0.268 e. The third kappa shape index (κ3) is 3.01. The summed E-state index contributed by atoms with van der Waals surface area (Å²) < 4.78 is 6.98. The molecule has 0 amide bonds. The molecule has 0 saturated heterocycles. The van der Waals surface area contributed by atoms with Crippen LogP contribution in [0.15, 0.2) is 28.2 Å². The highest BCUT2D eigenvalue weighted by molar-refractivity contribution is 7.13. The molecule has 1 N–H and O–H groups in total. The van der Waals surface area contributed by atoms with Crippen LogP contribution in [0.2, 0.25) is 0 Å². The molecule has 3 aromatic heterocycles. The van der Waals surface area contributed by atoms with Crippen LogP contribution in [0.3, 0.4) is 0 Å². The lowest BCUT2D eigenvalue weighted by Crippen LogP contribution is -2.15. The molecule has 3 heterocycles. The fourth-order valence-corrected chi connectivity index (χ4v) is 2.64. The fraction of sp³-hybridized carbons (Fsp3) is 0.385. The number of hydrogen-bond acceptors (Lipinski definition) is 7. The first-order chi connectivity index (χ1) is 10.4. The Balaban J connectivity index is 1.41. The van der Waals surface area contributed by atoms with Crippen molar-refractivity contribution in [2.45, 2.75) is 32.0 Å². The molecule has 0 atom stereocenters. The molecule has 21 heavy (non-hydrogen) atoms. The van der Waals surface area contributed by atoms with Crippen molar-refractivity contribution in [2.75, 3.05) is 0 Å². The van der Waals surface area contributed by atoms with E-state index in [-0.39, 0.29) is 0 Å². The van der Waals surface area contributed by atoms with Crippen LogP contribution in [0.5, 0.6) is 0 Å². The molecule has 0 spiro atoms. The third-order valence-corrected chi connectivity index (χ3v) is 4.10. The summed E-state index contributed by atoms with van der Waals surface area (Å²) in [6.07, 6.45) is 4.45. The third-order valence-electron chi connectivity index (χ3n) is 3.24. The van der Waals surface area contributed by atoms with Crippen LogP contribution in [-0.4, -0.2) is 31.2 Å². The lowest BCUT2D eigenvalue weighted by molar-refractivity contribution is 0.419. The van der Waals surface area contributed by atoms with E-state index in [1.54, 1.807) is 16.0 Å². The van der Waals surface area contributed by atoms with Crippen molar-refractivity contribution in [1.29, 1.82) is 0 Å². The van der Waals surface area contributed by atoms with E-state index in [1.807, 2.05) is 23.7 Å². The van der Waals surface area contributed by atoms with E-state index >= 15 is 0 Å². The van der Waals surface area contributed by atoms with Crippen molar-refractivity contribution in [1.82, 2.24) is 30.5 Å². The van der Waals surface area contributed by atoms with Gasteiger partial charge in [-0.05, 0) is 24.3 Å². The van der Waals surface area contributed by atoms with Crippen molar-refractivity contribution in [3.8, 4) is 10.8 Å². The molecule has 108 valence electrons. The van der Waals surface area contributed by atoms with Crippen molar-refractivity contribution in [3.05, 3.63) is 35.2 Å². The van der Waals surface area contributed by atoms with E-state index in [1.165, 1.54) is 12.8 Å². The van der Waals surface area contributed by atoms with E-state index < -0.39 is 0 Å². The van der Waals surface area contributed by atoms with Crippen molar-refractivity contribution >= 4 is 11.3 Å². The van der Waals surface area contributed by atoms with E-state index in [9.17, 15) is 0 Å². The van der Waals surface area contributed by atoms with Gasteiger partial charge in [0.05, 0.1) is 16.8 Å². The van der Waals surface area contributed by atoms with Crippen molar-refractivity contribution in [2.24, 2.45) is 0 Å². The molecular formula is C13H14N6OS. The summed E-state index contributed by atoms with van der Waals surface area (Å²) >= 11 is 1.58. The van der Waals surface area contributed by atoms with Gasteiger partial charge in [0.2, 0.25) is 0 Å². The minimum absolute atomic E-state index is 0.464. The summed E-state index contributed by atoms with van der Waals surface area (Å²) in [4.78, 5) is 5.34. The predicted octanol–water partition coefficient (Wildman–Crippen LogP) is 1.69. The minimum Gasteiger partial charge on any atom is -0.333 e. The van der Waals surface area contributed by atoms with Crippen LogP contribution in [0.4, 0.5) is 0 Å². The number of aromatic nitrogens is 5. The average molecular weight is 302 g/mol. The lowest BCUT2D eigenvalue weighted by atomic mass is 10.4. The molecule has 4 rings (SSSR count). The zero-order chi connectivity index (χ0) is 14.1. The van der Waals surface area contributed by atoms with Gasteiger partial charge in [-0.1, -0.05) is 16.4 Å². The molecule has 1 saturated carbocycles. The predicted molar refractivity (Wildman–Crippen MR) is 76.6 cm³/mol. The van der Waals surface area contributed by atoms with Gasteiger partial charge in [-0.15, -0.1) is 16.4 Å². The van der Waals surface area contributed by atoms with Gasteiger partial charge in [0.1, 0.15) is 6.54 Å². The molecule has 0 aliphatic heterocycles. The molecule has 0 unspecified atom stereocenters. The molecule has 8 heteroatoms. The van der Waals surface area contributed by atoms with Crippen LogP contribution < -0.4 is 5.32 Å². The van der Waals surface area contributed by atoms with E-state index in [2.05, 4.69) is 25.8 Å². The topological polar surface area (TPSA) is 81.7 Å². The summed E-state index contributed by atoms with van der Waals surface area (Å²) in [5.41, 5.74) is 0.934. The first-order valence-corrected chi connectivity index (χ1v) is 7.73. The molecule has 0 bridgehead atoms. The molecular weight excluding hydrogens is 288 g/mol. The van der Waals surface area contributed by atoms with Gasteiger partial charge < -0.3 is 9.84 Å². The van der Waals surface area contributed by atoms with Crippen LogP contribution >= 0.6 is 11.3 Å². The van der Waals surface area contributed by atoms with E-state index in [4.69, 9.17) is 4.52 Å². The van der Waals surface area contributed by atoms with Gasteiger partial charge in [-0.2, -0.15) is 4.98 Å². The highest BCUT2D eigenvalue weighted by Gasteiger charge is 2.20. The van der Waals surface area contributed by atoms with Gasteiger partial charge >= 0.3 is 0 Å². The first-order valence-electron chi connectivity index (χ1n) is 6.86. The number of nitrogens with zero attached hydrogens (tertiary/aromatic N) is 5. The van der Waals surface area contributed by atoms with Gasteiger partial charge in [-0.3, -0.25) is 0 Å². The Morgan fingerprint density at radius 2 is 2.38 bits per heavy atom. The van der Waals surface area contributed by atoms with E-state index in [0.717, 1.165) is 17.1 Å². The normalized spacial score (nSPS) is 14.7. The Morgan fingerprint density at radius 1 is 1.43 bits per heavy atom. The molecule has 0 radical (unpaired) electrons. The molecule has 1 aliphatic carbocycles. The summed E-state index contributed by atoms with van der Waals surface area (Å²) in [6.45, 7) is 1.22. The SMILES string of the molecule is c1csc(-c2nc(Cn3cc(CNC4CC4)nn3)no2)c1. The highest BCUT2D eigenvalue weighted by atomic mass is 32.1. The maximum atomic E-state index is 5.25. The maximum absolute atomic E-state index is 5.25. The number of nitrogens with one attached hydrogen (secondary N) is 1. The van der Waals surface area contributed by atoms with E-state index in [0.29, 0.717) is 24.3 Å². The largest absolute Gasteiger partial charge is 0.333 e. The Labute approximate surface area is 125 Å². The summed E-state index contributed by atoms with van der Waals surface area (Å²) in [5, 5.41) is 17.6. The summed E-state index contributed by atoms with van der Waals surface area (Å²) in [7, 11) is 0. The molecule has 1 fully saturated rings. The van der Waals surface area contributed by atoms with Crippen LogP contribution in [0.25, 0.3) is 10.8 Å². The quantitative estimate of drug-likeness (QED) is 0.746. The van der Waals surface area contributed by atoms with Crippen molar-refractivity contribution in [3.63, 3.8) is 0 Å². The Morgan fingerprint density at radius 3 is 3.19 bits per heavy atom. The van der Waals surface area contributed by atoms with Crippen LogP contribution in [-0.2, 0) is 13.1 Å². The molecule has 1 aliphatic rings. The second kappa shape index (κ2) is 5.38. The number of hydrogen-bond donors (Lipinski definition) is 1.